The Morgan fingerprint density at radius 1 is 1.08 bits per heavy atom. The van der Waals surface area contributed by atoms with Crippen LogP contribution < -0.4 is 15.4 Å². The Morgan fingerprint density at radius 2 is 1.69 bits per heavy atom. The van der Waals surface area contributed by atoms with Gasteiger partial charge in [0.15, 0.2) is 12.2 Å². The fourth-order valence-corrected chi connectivity index (χ4v) is 2.17. The standard InChI is InChI=1S/C17H22Cl2N2O5/c1-9(14(22)20-16(24)21-17(3,4)5)26-15(23)10(2)25-13-7-6-11(18)8-12(13)19/h6-10H,1-5H3,(H2,20,21,22,24)/t9-,10-/m1/s1. The Bertz CT molecular complexity index is 688. The largest absolute Gasteiger partial charge is 0.477 e. The maximum atomic E-state index is 12.1. The van der Waals surface area contributed by atoms with Gasteiger partial charge in [-0.3, -0.25) is 10.1 Å². The van der Waals surface area contributed by atoms with Crippen LogP contribution >= 0.6 is 23.2 Å². The molecule has 0 aliphatic carbocycles. The summed E-state index contributed by atoms with van der Waals surface area (Å²) in [6.07, 6.45) is -2.20. The summed E-state index contributed by atoms with van der Waals surface area (Å²) >= 11 is 11.8. The first-order chi connectivity index (χ1) is 11.9. The fourth-order valence-electron chi connectivity index (χ4n) is 1.72. The summed E-state index contributed by atoms with van der Waals surface area (Å²) in [7, 11) is 0. The maximum absolute atomic E-state index is 12.1. The van der Waals surface area contributed by atoms with E-state index in [1.165, 1.54) is 26.0 Å². The zero-order valence-electron chi connectivity index (χ0n) is 15.2. The number of ether oxygens (including phenoxy) is 2. The monoisotopic (exact) mass is 404 g/mol. The average Bonchev–Trinajstić information content (AvgIpc) is 2.47. The summed E-state index contributed by atoms with van der Waals surface area (Å²) < 4.78 is 10.4. The molecule has 1 aromatic rings. The molecule has 0 aromatic heterocycles. The van der Waals surface area contributed by atoms with Gasteiger partial charge in [0.05, 0.1) is 5.02 Å². The SMILES string of the molecule is C[C@@H](OC(=O)[C@@H](C)Oc1ccc(Cl)cc1Cl)C(=O)NC(=O)NC(C)(C)C. The first-order valence-electron chi connectivity index (χ1n) is 7.84. The lowest BCUT2D eigenvalue weighted by molar-refractivity contribution is -0.160. The maximum Gasteiger partial charge on any atom is 0.347 e. The molecule has 0 fully saturated rings. The lowest BCUT2D eigenvalue weighted by Crippen LogP contribution is -2.51. The van der Waals surface area contributed by atoms with E-state index >= 15 is 0 Å². The molecule has 7 nitrogen and oxygen atoms in total. The summed E-state index contributed by atoms with van der Waals surface area (Å²) in [5, 5.41) is 5.33. The minimum absolute atomic E-state index is 0.238. The molecule has 0 aliphatic rings. The van der Waals surface area contributed by atoms with Crippen molar-refractivity contribution in [2.75, 3.05) is 0 Å². The fraction of sp³-hybridized carbons (Fsp3) is 0.471. The van der Waals surface area contributed by atoms with E-state index in [4.69, 9.17) is 32.7 Å². The highest BCUT2D eigenvalue weighted by molar-refractivity contribution is 6.35. The molecule has 0 unspecified atom stereocenters. The van der Waals surface area contributed by atoms with E-state index in [9.17, 15) is 14.4 Å². The van der Waals surface area contributed by atoms with Gasteiger partial charge in [0.2, 0.25) is 0 Å². The Balaban J connectivity index is 2.57. The van der Waals surface area contributed by atoms with Crippen molar-refractivity contribution in [2.45, 2.75) is 52.4 Å². The van der Waals surface area contributed by atoms with Gasteiger partial charge in [-0.25, -0.2) is 9.59 Å². The van der Waals surface area contributed by atoms with Gasteiger partial charge >= 0.3 is 12.0 Å². The zero-order chi connectivity index (χ0) is 20.1. The Hall–Kier alpha value is -1.99. The topological polar surface area (TPSA) is 93.7 Å². The van der Waals surface area contributed by atoms with Gasteiger partial charge in [0, 0.05) is 10.6 Å². The minimum atomic E-state index is -1.18. The van der Waals surface area contributed by atoms with Crippen molar-refractivity contribution in [2.24, 2.45) is 0 Å². The Morgan fingerprint density at radius 3 is 2.23 bits per heavy atom. The molecule has 0 heterocycles. The van der Waals surface area contributed by atoms with Crippen LogP contribution in [0.1, 0.15) is 34.6 Å². The van der Waals surface area contributed by atoms with Crippen molar-refractivity contribution in [1.82, 2.24) is 10.6 Å². The van der Waals surface area contributed by atoms with Crippen LogP contribution in [0, 0.1) is 0 Å². The van der Waals surface area contributed by atoms with E-state index < -0.39 is 35.7 Å². The van der Waals surface area contributed by atoms with Crippen LogP contribution in [0.4, 0.5) is 4.79 Å². The van der Waals surface area contributed by atoms with Crippen molar-refractivity contribution < 1.29 is 23.9 Å². The minimum Gasteiger partial charge on any atom is -0.477 e. The predicted octanol–water partition coefficient (Wildman–Crippen LogP) is 3.32. The number of nitrogens with one attached hydrogen (secondary N) is 2. The number of halogens is 2. The first-order valence-corrected chi connectivity index (χ1v) is 8.60. The second kappa shape index (κ2) is 9.09. The van der Waals surface area contributed by atoms with E-state index in [1.54, 1.807) is 26.8 Å². The number of hydrogen-bond acceptors (Lipinski definition) is 5. The van der Waals surface area contributed by atoms with Gasteiger partial charge in [0.25, 0.3) is 5.91 Å². The highest BCUT2D eigenvalue weighted by Gasteiger charge is 2.25. The van der Waals surface area contributed by atoms with Crippen LogP contribution in [-0.4, -0.2) is 35.7 Å². The third-order valence-corrected chi connectivity index (χ3v) is 3.45. The molecule has 9 heteroatoms. The van der Waals surface area contributed by atoms with Crippen molar-refractivity contribution in [3.63, 3.8) is 0 Å². The first kappa shape index (κ1) is 22.1. The number of rotatable bonds is 5. The van der Waals surface area contributed by atoms with E-state index in [1.807, 2.05) is 0 Å². The van der Waals surface area contributed by atoms with Crippen molar-refractivity contribution in [3.05, 3.63) is 28.2 Å². The zero-order valence-corrected chi connectivity index (χ0v) is 16.7. The molecular formula is C17H22Cl2N2O5. The van der Waals surface area contributed by atoms with Gasteiger partial charge in [-0.2, -0.15) is 0 Å². The van der Waals surface area contributed by atoms with E-state index in [0.717, 1.165) is 0 Å². The quantitative estimate of drug-likeness (QED) is 0.734. The van der Waals surface area contributed by atoms with Crippen LogP contribution in [-0.2, 0) is 14.3 Å². The molecule has 0 bridgehead atoms. The van der Waals surface area contributed by atoms with Crippen molar-refractivity contribution >= 4 is 41.1 Å². The Labute approximate surface area is 162 Å². The lowest BCUT2D eigenvalue weighted by atomic mass is 10.1. The molecule has 0 saturated carbocycles. The summed E-state index contributed by atoms with van der Waals surface area (Å²) in [5.74, 6) is -1.28. The van der Waals surface area contributed by atoms with Crippen LogP contribution in [0.25, 0.3) is 0 Å². The van der Waals surface area contributed by atoms with Crippen LogP contribution in [0.15, 0.2) is 18.2 Å². The average molecular weight is 405 g/mol. The van der Waals surface area contributed by atoms with Gasteiger partial charge in [-0.1, -0.05) is 23.2 Å². The molecular weight excluding hydrogens is 383 g/mol. The molecule has 1 aromatic carbocycles. The molecule has 0 spiro atoms. The van der Waals surface area contributed by atoms with Gasteiger partial charge < -0.3 is 14.8 Å². The van der Waals surface area contributed by atoms with Gasteiger partial charge in [-0.05, 0) is 52.8 Å². The Kier molecular flexibility index (Phi) is 7.71. The third kappa shape index (κ3) is 7.49. The van der Waals surface area contributed by atoms with Gasteiger partial charge in [-0.15, -0.1) is 0 Å². The number of benzene rings is 1. The summed E-state index contributed by atoms with van der Waals surface area (Å²) in [4.78, 5) is 35.6. The molecule has 144 valence electrons. The van der Waals surface area contributed by atoms with Gasteiger partial charge in [0.1, 0.15) is 5.75 Å². The third-order valence-electron chi connectivity index (χ3n) is 2.92. The molecule has 2 atom stereocenters. The summed E-state index contributed by atoms with van der Waals surface area (Å²) in [5.41, 5.74) is -0.509. The second-order valence-corrected chi connectivity index (χ2v) is 7.45. The molecule has 0 aliphatic heterocycles. The molecule has 26 heavy (non-hydrogen) atoms. The van der Waals surface area contributed by atoms with Crippen LogP contribution in [0.3, 0.4) is 0 Å². The van der Waals surface area contributed by atoms with Crippen LogP contribution in [0.2, 0.25) is 10.0 Å². The van der Waals surface area contributed by atoms with E-state index in [2.05, 4.69) is 10.6 Å². The highest BCUT2D eigenvalue weighted by Crippen LogP contribution is 2.28. The van der Waals surface area contributed by atoms with Crippen LogP contribution in [0.5, 0.6) is 5.75 Å². The summed E-state index contributed by atoms with van der Waals surface area (Å²) in [6.45, 7) is 8.09. The smallest absolute Gasteiger partial charge is 0.347 e. The number of carbonyl (C=O) groups excluding carboxylic acids is 3. The number of amides is 3. The molecule has 0 saturated heterocycles. The molecule has 0 radical (unpaired) electrons. The van der Waals surface area contributed by atoms with E-state index in [0.29, 0.717) is 5.02 Å². The predicted molar refractivity (Wildman–Crippen MR) is 98.5 cm³/mol. The number of hydrogen-bond donors (Lipinski definition) is 2. The number of esters is 1. The number of urea groups is 1. The van der Waals surface area contributed by atoms with Crippen molar-refractivity contribution in [1.29, 1.82) is 0 Å². The number of carbonyl (C=O) groups is 3. The van der Waals surface area contributed by atoms with E-state index in [-0.39, 0.29) is 10.8 Å². The second-order valence-electron chi connectivity index (χ2n) is 6.61. The normalized spacial score (nSPS) is 13.3. The summed E-state index contributed by atoms with van der Waals surface area (Å²) in [6, 6.07) is 3.87. The van der Waals surface area contributed by atoms with Crippen molar-refractivity contribution in [3.8, 4) is 5.75 Å². The highest BCUT2D eigenvalue weighted by atomic mass is 35.5. The molecule has 3 amide bonds. The molecule has 1 rings (SSSR count). The lowest BCUT2D eigenvalue weighted by Gasteiger charge is -2.21. The number of imide groups is 1. The molecule has 2 N–H and O–H groups in total.